The second-order valence-corrected chi connectivity index (χ2v) is 7.25. The molecule has 1 N–H and O–H groups in total. The highest BCUT2D eigenvalue weighted by Crippen LogP contribution is 2.44. The molecule has 6 heteroatoms. The number of carboxylic acids is 1. The minimum absolute atomic E-state index is 0.217. The van der Waals surface area contributed by atoms with Crippen molar-refractivity contribution < 1.29 is 24.1 Å². The van der Waals surface area contributed by atoms with E-state index in [1.54, 1.807) is 20.3 Å². The fourth-order valence-corrected chi connectivity index (χ4v) is 3.82. The van der Waals surface area contributed by atoms with E-state index < -0.39 is 5.97 Å². The van der Waals surface area contributed by atoms with Crippen LogP contribution in [0.1, 0.15) is 21.5 Å². The number of methoxy groups -OCH3 is 2. The highest BCUT2D eigenvalue weighted by Gasteiger charge is 2.31. The van der Waals surface area contributed by atoms with Gasteiger partial charge in [0, 0.05) is 33.3 Å². The van der Waals surface area contributed by atoms with Crippen LogP contribution in [-0.2, 0) is 4.74 Å². The molecule has 1 aliphatic heterocycles. The molecule has 0 saturated heterocycles. The van der Waals surface area contributed by atoms with Crippen molar-refractivity contribution >= 4 is 27.5 Å². The molecule has 0 spiro atoms. The third-order valence-corrected chi connectivity index (χ3v) is 5.26. The van der Waals surface area contributed by atoms with E-state index in [2.05, 4.69) is 15.9 Å². The first-order valence-electron chi connectivity index (χ1n) is 8.58. The molecule has 28 heavy (non-hydrogen) atoms. The first-order valence-corrected chi connectivity index (χ1v) is 9.37. The zero-order chi connectivity index (χ0) is 19.8. The van der Waals surface area contributed by atoms with E-state index in [4.69, 9.17) is 14.2 Å². The minimum atomic E-state index is -0.990. The lowest BCUT2D eigenvalue weighted by Gasteiger charge is -2.31. The number of aromatic carboxylic acids is 1. The fraction of sp³-hybridized carbons (Fsp3) is 0.136. The van der Waals surface area contributed by atoms with Gasteiger partial charge in [-0.05, 0) is 35.9 Å². The van der Waals surface area contributed by atoms with Crippen molar-refractivity contribution in [1.29, 1.82) is 0 Å². The Kier molecular flexibility index (Phi) is 4.73. The number of rotatable bonds is 4. The van der Waals surface area contributed by atoms with Gasteiger partial charge in [-0.2, -0.15) is 0 Å². The summed E-state index contributed by atoms with van der Waals surface area (Å²) in [5.74, 6) is 0.992. The third kappa shape index (κ3) is 3.10. The average Bonchev–Trinajstić information content (AvgIpc) is 2.71. The molecule has 142 valence electrons. The maximum Gasteiger partial charge on any atom is 0.336 e. The molecule has 0 bridgehead atoms. The van der Waals surface area contributed by atoms with Crippen molar-refractivity contribution in [3.05, 3.63) is 87.1 Å². The highest BCUT2D eigenvalue weighted by atomic mass is 79.9. The topological polar surface area (TPSA) is 65.0 Å². The number of halogens is 1. The second-order valence-electron chi connectivity index (χ2n) is 6.33. The molecule has 0 aromatic heterocycles. The number of hydrogen-bond donors (Lipinski definition) is 1. The molecule has 2 aromatic carbocycles. The molecule has 0 saturated carbocycles. The molecule has 1 aliphatic carbocycles. The Morgan fingerprint density at radius 1 is 1.07 bits per heavy atom. The van der Waals surface area contributed by atoms with Crippen LogP contribution >= 0.6 is 15.9 Å². The van der Waals surface area contributed by atoms with Crippen molar-refractivity contribution in [2.45, 2.75) is 6.10 Å². The Labute approximate surface area is 170 Å². The number of carbonyl (C=O) groups is 1. The van der Waals surface area contributed by atoms with E-state index in [0.717, 1.165) is 16.7 Å². The number of fused-ring (bicyclic) bond motifs is 2. The van der Waals surface area contributed by atoms with E-state index in [1.165, 1.54) is 0 Å². The number of ether oxygens (including phenoxy) is 3. The first kappa shape index (κ1) is 18.4. The van der Waals surface area contributed by atoms with Gasteiger partial charge in [-0.1, -0.05) is 28.1 Å². The summed E-state index contributed by atoms with van der Waals surface area (Å²) < 4.78 is 17.6. The molecular formula is C22H17BrO5. The Morgan fingerprint density at radius 2 is 1.86 bits per heavy atom. The van der Waals surface area contributed by atoms with Gasteiger partial charge in [-0.15, -0.1) is 0 Å². The van der Waals surface area contributed by atoms with Gasteiger partial charge in [-0.3, -0.25) is 0 Å². The third-order valence-electron chi connectivity index (χ3n) is 4.77. The van der Waals surface area contributed by atoms with Crippen LogP contribution in [0.25, 0.3) is 5.57 Å². The van der Waals surface area contributed by atoms with Crippen molar-refractivity contribution in [3.63, 3.8) is 0 Å². The summed E-state index contributed by atoms with van der Waals surface area (Å²) in [6.07, 6.45) is 5.25. The molecule has 0 radical (unpaired) electrons. The summed E-state index contributed by atoms with van der Waals surface area (Å²) in [4.78, 5) is 11.9. The van der Waals surface area contributed by atoms with Gasteiger partial charge >= 0.3 is 5.97 Å². The van der Waals surface area contributed by atoms with Crippen LogP contribution in [0.15, 0.2) is 70.4 Å². The summed E-state index contributed by atoms with van der Waals surface area (Å²) in [6.45, 7) is 0. The predicted molar refractivity (Wildman–Crippen MR) is 109 cm³/mol. The van der Waals surface area contributed by atoms with Crippen molar-refractivity contribution in [1.82, 2.24) is 0 Å². The molecule has 5 nitrogen and oxygen atoms in total. The molecular weight excluding hydrogens is 424 g/mol. The molecule has 2 aromatic rings. The SMILES string of the molecule is COC1=CC2Oc3cc(OC)ccc3C(c3ccc(Br)cc3C(=O)O)=C2C=C1. The zero-order valence-electron chi connectivity index (χ0n) is 15.2. The Hall–Kier alpha value is -2.99. The standard InChI is InChI=1S/C22H17BrO5/c1-26-13-4-7-16-19(10-13)28-20-11-14(27-2)5-8-17(20)21(16)15-6-3-12(23)9-18(15)22(24)25/h3-11,19H,1-2H3,(H,24,25). The van der Waals surface area contributed by atoms with Crippen molar-refractivity contribution in [2.75, 3.05) is 14.2 Å². The Balaban J connectivity index is 2.00. The first-order chi connectivity index (χ1) is 13.5. The van der Waals surface area contributed by atoms with Gasteiger partial charge in [0.15, 0.2) is 0 Å². The molecule has 4 rings (SSSR count). The van der Waals surface area contributed by atoms with Gasteiger partial charge < -0.3 is 19.3 Å². The molecule has 1 heterocycles. The van der Waals surface area contributed by atoms with Crippen molar-refractivity contribution in [2.24, 2.45) is 0 Å². The van der Waals surface area contributed by atoms with Gasteiger partial charge in [-0.25, -0.2) is 4.79 Å². The lowest BCUT2D eigenvalue weighted by atomic mass is 9.84. The predicted octanol–water partition coefficient (Wildman–Crippen LogP) is 4.82. The van der Waals surface area contributed by atoms with Crippen LogP contribution < -0.4 is 9.47 Å². The van der Waals surface area contributed by atoms with Crippen molar-refractivity contribution in [3.8, 4) is 11.5 Å². The van der Waals surface area contributed by atoms with Gasteiger partial charge in [0.05, 0.1) is 19.8 Å². The summed E-state index contributed by atoms with van der Waals surface area (Å²) >= 11 is 3.36. The maximum atomic E-state index is 11.9. The summed E-state index contributed by atoms with van der Waals surface area (Å²) in [5.41, 5.74) is 3.36. The zero-order valence-corrected chi connectivity index (χ0v) is 16.8. The average molecular weight is 441 g/mol. The normalized spacial score (nSPS) is 17.2. The monoisotopic (exact) mass is 440 g/mol. The smallest absolute Gasteiger partial charge is 0.336 e. The molecule has 1 atom stereocenters. The lowest BCUT2D eigenvalue weighted by Crippen LogP contribution is -2.25. The van der Waals surface area contributed by atoms with E-state index in [1.807, 2.05) is 48.6 Å². The molecule has 2 aliphatic rings. The Morgan fingerprint density at radius 3 is 2.57 bits per heavy atom. The van der Waals surface area contributed by atoms with Gasteiger partial charge in [0.2, 0.25) is 0 Å². The number of carboxylic acid groups (broad SMARTS) is 1. The second kappa shape index (κ2) is 7.20. The number of benzene rings is 2. The van der Waals surface area contributed by atoms with Crippen LogP contribution in [0.2, 0.25) is 0 Å². The van der Waals surface area contributed by atoms with E-state index in [0.29, 0.717) is 27.3 Å². The quantitative estimate of drug-likeness (QED) is 0.737. The summed E-state index contributed by atoms with van der Waals surface area (Å²) in [6, 6.07) is 10.8. The molecule has 0 fully saturated rings. The van der Waals surface area contributed by atoms with Crippen LogP contribution in [-0.4, -0.2) is 31.4 Å². The number of hydrogen-bond acceptors (Lipinski definition) is 4. The summed E-state index contributed by atoms with van der Waals surface area (Å²) in [5, 5.41) is 9.78. The largest absolute Gasteiger partial charge is 0.497 e. The number of allylic oxidation sites excluding steroid dienone is 1. The van der Waals surface area contributed by atoms with Crippen LogP contribution in [0.3, 0.4) is 0 Å². The van der Waals surface area contributed by atoms with Gasteiger partial charge in [0.25, 0.3) is 0 Å². The highest BCUT2D eigenvalue weighted by molar-refractivity contribution is 9.10. The molecule has 0 amide bonds. The van der Waals surface area contributed by atoms with E-state index >= 15 is 0 Å². The Bertz CT molecular complexity index is 1060. The maximum absolute atomic E-state index is 11.9. The van der Waals surface area contributed by atoms with E-state index in [-0.39, 0.29) is 11.7 Å². The van der Waals surface area contributed by atoms with Gasteiger partial charge in [0.1, 0.15) is 23.4 Å². The van der Waals surface area contributed by atoms with Crippen LogP contribution in [0.5, 0.6) is 11.5 Å². The fourth-order valence-electron chi connectivity index (χ4n) is 3.46. The summed E-state index contributed by atoms with van der Waals surface area (Å²) in [7, 11) is 3.19. The minimum Gasteiger partial charge on any atom is -0.497 e. The van der Waals surface area contributed by atoms with Crippen LogP contribution in [0, 0.1) is 0 Å². The lowest BCUT2D eigenvalue weighted by molar-refractivity contribution is 0.0696. The molecule has 1 unspecified atom stereocenters. The van der Waals surface area contributed by atoms with Crippen LogP contribution in [0.4, 0.5) is 0 Å². The van der Waals surface area contributed by atoms with E-state index in [9.17, 15) is 9.90 Å².